The Balaban J connectivity index is 1.69. The maximum Gasteiger partial charge on any atom is 0.309 e. The summed E-state index contributed by atoms with van der Waals surface area (Å²) in [4.78, 5) is 17.7. The summed E-state index contributed by atoms with van der Waals surface area (Å²) >= 11 is 11.5. The van der Waals surface area contributed by atoms with Gasteiger partial charge in [-0.3, -0.25) is 9.89 Å². The smallest absolute Gasteiger partial charge is 0.309 e. The first-order valence-electron chi connectivity index (χ1n) is 9.02. The van der Waals surface area contributed by atoms with E-state index in [1.165, 1.54) is 4.90 Å². The zero-order valence-corrected chi connectivity index (χ0v) is 17.0. The molecule has 0 unspecified atom stereocenters. The van der Waals surface area contributed by atoms with Gasteiger partial charge in [0, 0.05) is 17.9 Å². The number of carbonyl (C=O) groups is 1. The van der Waals surface area contributed by atoms with Gasteiger partial charge in [0.1, 0.15) is 5.75 Å². The number of aromatic nitrogens is 3. The second kappa shape index (κ2) is 8.86. The molecule has 7 nitrogen and oxygen atoms in total. The zero-order valence-electron chi connectivity index (χ0n) is 15.5. The summed E-state index contributed by atoms with van der Waals surface area (Å²) in [5.41, 5.74) is 0.769. The lowest BCUT2D eigenvalue weighted by Gasteiger charge is -2.27. The van der Waals surface area contributed by atoms with Crippen LogP contribution in [0.25, 0.3) is 11.4 Å². The van der Waals surface area contributed by atoms with Crippen molar-refractivity contribution in [2.75, 3.05) is 26.8 Å². The molecule has 2 N–H and O–H groups in total. The van der Waals surface area contributed by atoms with Crippen LogP contribution in [-0.2, 0) is 16.2 Å². The maximum absolute atomic E-state index is 11.9. The molecule has 27 heavy (non-hydrogen) atoms. The Labute approximate surface area is 168 Å². The number of nitrogens with zero attached hydrogens (tertiary/aromatic N) is 2. The number of ether oxygens (including phenoxy) is 2. The van der Waals surface area contributed by atoms with E-state index in [1.807, 2.05) is 11.6 Å². The van der Waals surface area contributed by atoms with Crippen molar-refractivity contribution in [2.24, 2.45) is 5.92 Å². The number of H-pyrrole nitrogens is 1. The van der Waals surface area contributed by atoms with Crippen molar-refractivity contribution in [3.05, 3.63) is 28.0 Å². The molecule has 3 rings (SSSR count). The Bertz CT molecular complexity index is 859. The van der Waals surface area contributed by atoms with Crippen LogP contribution >= 0.6 is 23.8 Å². The van der Waals surface area contributed by atoms with Crippen molar-refractivity contribution in [2.45, 2.75) is 26.4 Å². The van der Waals surface area contributed by atoms with Crippen molar-refractivity contribution in [1.82, 2.24) is 14.8 Å². The number of rotatable bonds is 6. The predicted molar refractivity (Wildman–Crippen MR) is 104 cm³/mol. The molecule has 0 atom stereocenters. The Kier molecular flexibility index (Phi) is 6.51. The lowest BCUT2D eigenvalue weighted by molar-refractivity contribution is -0.929. The summed E-state index contributed by atoms with van der Waals surface area (Å²) in [6.45, 7) is 4.72. The minimum absolute atomic E-state index is 0.00900. The van der Waals surface area contributed by atoms with Crippen LogP contribution < -0.4 is 9.64 Å². The number of benzene rings is 1. The quantitative estimate of drug-likeness (QED) is 0.562. The molecule has 0 amide bonds. The van der Waals surface area contributed by atoms with Crippen LogP contribution in [0, 0.1) is 10.7 Å². The lowest BCUT2D eigenvalue weighted by atomic mass is 9.97. The minimum Gasteiger partial charge on any atom is -0.496 e. The molecule has 1 fully saturated rings. The average Bonchev–Trinajstić information content (AvgIpc) is 3.03. The van der Waals surface area contributed by atoms with Crippen LogP contribution in [0.1, 0.15) is 19.8 Å². The van der Waals surface area contributed by atoms with Gasteiger partial charge in [-0.25, -0.2) is 4.68 Å². The number of esters is 1. The molecular weight excluding hydrogens is 388 g/mol. The number of piperidine rings is 1. The Hall–Kier alpha value is -1.90. The third-order valence-corrected chi connectivity index (χ3v) is 5.34. The topological polar surface area (TPSA) is 73.6 Å². The van der Waals surface area contributed by atoms with Gasteiger partial charge in [0.25, 0.3) is 0 Å². The van der Waals surface area contributed by atoms with Gasteiger partial charge in [-0.2, -0.15) is 4.98 Å². The van der Waals surface area contributed by atoms with E-state index in [2.05, 4.69) is 10.1 Å². The molecule has 1 aromatic carbocycles. The third kappa shape index (κ3) is 4.69. The molecule has 0 spiro atoms. The summed E-state index contributed by atoms with van der Waals surface area (Å²) in [5.74, 6) is 1.23. The minimum atomic E-state index is -0.0787. The summed E-state index contributed by atoms with van der Waals surface area (Å²) in [7, 11) is 1.61. The van der Waals surface area contributed by atoms with E-state index >= 15 is 0 Å². The monoisotopic (exact) mass is 411 g/mol. The molecular formula is C18H24ClN4O3S+. The normalized spacial score (nSPS) is 19.7. The largest absolute Gasteiger partial charge is 0.496 e. The van der Waals surface area contributed by atoms with Gasteiger partial charge in [0.15, 0.2) is 12.5 Å². The highest BCUT2D eigenvalue weighted by atomic mass is 35.5. The Morgan fingerprint density at radius 1 is 1.44 bits per heavy atom. The molecule has 0 radical (unpaired) electrons. The van der Waals surface area contributed by atoms with Gasteiger partial charge in [0.2, 0.25) is 4.77 Å². The van der Waals surface area contributed by atoms with Crippen molar-refractivity contribution in [1.29, 1.82) is 0 Å². The van der Waals surface area contributed by atoms with Crippen LogP contribution in [-0.4, -0.2) is 47.5 Å². The molecule has 146 valence electrons. The van der Waals surface area contributed by atoms with Crippen LogP contribution in [0.4, 0.5) is 0 Å². The van der Waals surface area contributed by atoms with Gasteiger partial charge in [-0.1, -0.05) is 11.6 Å². The van der Waals surface area contributed by atoms with E-state index in [0.717, 1.165) is 31.5 Å². The summed E-state index contributed by atoms with van der Waals surface area (Å²) in [5, 5.41) is 3.85. The molecule has 1 aromatic heterocycles. The van der Waals surface area contributed by atoms with Crippen molar-refractivity contribution in [3.63, 3.8) is 0 Å². The van der Waals surface area contributed by atoms with E-state index < -0.39 is 0 Å². The van der Waals surface area contributed by atoms with Crippen molar-refractivity contribution >= 4 is 29.8 Å². The van der Waals surface area contributed by atoms with Gasteiger partial charge >= 0.3 is 5.97 Å². The fraction of sp³-hybridized carbons (Fsp3) is 0.500. The molecule has 9 heteroatoms. The number of likely N-dealkylation sites (tertiary alicyclic amines) is 1. The predicted octanol–water partition coefficient (Wildman–Crippen LogP) is 2.09. The molecule has 0 aliphatic carbocycles. The molecule has 0 saturated carbocycles. The lowest BCUT2D eigenvalue weighted by Crippen LogP contribution is -3.12. The molecule has 1 aliphatic heterocycles. The van der Waals surface area contributed by atoms with Gasteiger partial charge in [-0.05, 0) is 37.3 Å². The fourth-order valence-corrected chi connectivity index (χ4v) is 3.73. The number of aromatic amines is 1. The van der Waals surface area contributed by atoms with E-state index in [9.17, 15) is 4.79 Å². The highest BCUT2D eigenvalue weighted by molar-refractivity contribution is 7.71. The van der Waals surface area contributed by atoms with E-state index in [0.29, 0.717) is 34.6 Å². The first-order chi connectivity index (χ1) is 13.0. The van der Waals surface area contributed by atoms with Crippen molar-refractivity contribution in [3.8, 4) is 17.1 Å². The third-order valence-electron chi connectivity index (χ3n) is 4.79. The number of methoxy groups -OCH3 is 1. The first kappa shape index (κ1) is 19.9. The van der Waals surface area contributed by atoms with E-state index in [4.69, 9.17) is 33.3 Å². The molecule has 1 saturated heterocycles. The Morgan fingerprint density at radius 3 is 2.85 bits per heavy atom. The maximum atomic E-state index is 11.9. The summed E-state index contributed by atoms with van der Waals surface area (Å²) in [6.07, 6.45) is 1.65. The number of nitrogens with one attached hydrogen (secondary N) is 2. The van der Waals surface area contributed by atoms with E-state index in [-0.39, 0.29) is 11.9 Å². The first-order valence-corrected chi connectivity index (χ1v) is 9.81. The second-order valence-electron chi connectivity index (χ2n) is 6.56. The van der Waals surface area contributed by atoms with Crippen molar-refractivity contribution < 1.29 is 19.2 Å². The van der Waals surface area contributed by atoms with E-state index in [1.54, 1.807) is 25.3 Å². The SMILES string of the molecule is CCOC(=O)C1CC[NH+](Cn2[nH]c(-c3cc(Cl)ccc3OC)nc2=S)CC1. The summed E-state index contributed by atoms with van der Waals surface area (Å²) in [6, 6.07) is 5.38. The van der Waals surface area contributed by atoms with Gasteiger partial charge in [0.05, 0.1) is 38.3 Å². The molecule has 2 heterocycles. The number of quaternary nitrogens is 1. The standard InChI is InChI=1S/C18H23ClN4O3S/c1-3-26-17(24)12-6-8-22(9-7-12)11-23-18(27)20-16(21-23)14-10-13(19)4-5-15(14)25-2/h4-5,10,12H,3,6-9,11H2,1-2H3,(H,20,21,27)/p+1. The van der Waals surface area contributed by atoms with Crippen LogP contribution in [0.5, 0.6) is 5.75 Å². The summed E-state index contributed by atoms with van der Waals surface area (Å²) < 4.78 is 12.9. The van der Waals surface area contributed by atoms with Gasteiger partial charge in [-0.15, -0.1) is 0 Å². The molecule has 0 bridgehead atoms. The van der Waals surface area contributed by atoms with Gasteiger partial charge < -0.3 is 14.4 Å². The van der Waals surface area contributed by atoms with Crippen LogP contribution in [0.15, 0.2) is 18.2 Å². The average molecular weight is 412 g/mol. The van der Waals surface area contributed by atoms with Crippen LogP contribution in [0.3, 0.4) is 0 Å². The molecule has 2 aromatic rings. The second-order valence-corrected chi connectivity index (χ2v) is 7.36. The fourth-order valence-electron chi connectivity index (χ4n) is 3.35. The zero-order chi connectivity index (χ0) is 19.4. The number of hydrogen-bond acceptors (Lipinski definition) is 5. The number of halogens is 1. The highest BCUT2D eigenvalue weighted by Crippen LogP contribution is 2.30. The number of carbonyl (C=O) groups excluding carboxylic acids is 1. The Morgan fingerprint density at radius 2 is 2.19 bits per heavy atom. The van der Waals surface area contributed by atoms with Crippen LogP contribution in [0.2, 0.25) is 5.02 Å². The highest BCUT2D eigenvalue weighted by Gasteiger charge is 2.28. The molecule has 1 aliphatic rings. The number of hydrogen-bond donors (Lipinski definition) is 2.